The van der Waals surface area contributed by atoms with Crippen LogP contribution < -0.4 is 10.1 Å². The number of rotatable bonds is 8. The van der Waals surface area contributed by atoms with E-state index in [0.717, 1.165) is 21.1 Å². The van der Waals surface area contributed by atoms with Gasteiger partial charge in [-0.15, -0.1) is 12.4 Å². The third-order valence-corrected chi connectivity index (χ3v) is 4.85. The van der Waals surface area contributed by atoms with Gasteiger partial charge in [0.25, 0.3) is 0 Å². The molecule has 27 heavy (non-hydrogen) atoms. The summed E-state index contributed by atoms with van der Waals surface area (Å²) in [7, 11) is 1.58. The molecule has 1 heterocycles. The van der Waals surface area contributed by atoms with E-state index in [4.69, 9.17) is 9.47 Å². The van der Waals surface area contributed by atoms with Gasteiger partial charge in [-0.25, -0.2) is 4.79 Å². The van der Waals surface area contributed by atoms with Crippen LogP contribution in [-0.4, -0.2) is 48.1 Å². The molecular weight excluding hydrogens is 436 g/mol. The van der Waals surface area contributed by atoms with Crippen molar-refractivity contribution in [1.82, 2.24) is 9.88 Å². The molecule has 0 bridgehead atoms. The largest absolute Gasteiger partial charge is 0.496 e. The van der Waals surface area contributed by atoms with Crippen molar-refractivity contribution < 1.29 is 19.4 Å². The molecule has 152 valence electrons. The Balaban J connectivity index is 0.00000364. The Kier molecular flexibility index (Phi) is 9.08. The normalized spacial score (nSPS) is 12.1. The second kappa shape index (κ2) is 10.3. The number of halogens is 2. The van der Waals surface area contributed by atoms with E-state index in [0.29, 0.717) is 37.1 Å². The van der Waals surface area contributed by atoms with Gasteiger partial charge >= 0.3 is 5.97 Å². The number of aliphatic hydroxyl groups excluding tert-OH is 1. The van der Waals surface area contributed by atoms with Crippen molar-refractivity contribution in [2.24, 2.45) is 0 Å². The van der Waals surface area contributed by atoms with E-state index >= 15 is 0 Å². The van der Waals surface area contributed by atoms with Crippen molar-refractivity contribution in [2.75, 3.05) is 20.3 Å². The summed E-state index contributed by atoms with van der Waals surface area (Å²) in [5.74, 6) is 0.273. The maximum Gasteiger partial charge on any atom is 0.340 e. The quantitative estimate of drug-likeness (QED) is 0.584. The number of esters is 1. The Labute approximate surface area is 174 Å². The zero-order valence-electron chi connectivity index (χ0n) is 16.3. The molecule has 2 aromatic rings. The van der Waals surface area contributed by atoms with E-state index in [9.17, 15) is 9.90 Å². The van der Waals surface area contributed by atoms with Crippen molar-refractivity contribution in [1.29, 1.82) is 0 Å². The van der Waals surface area contributed by atoms with Gasteiger partial charge < -0.3 is 24.5 Å². The number of carbonyl (C=O) groups excluding carboxylic acids is 1. The molecule has 1 aromatic carbocycles. The van der Waals surface area contributed by atoms with Crippen LogP contribution in [0.25, 0.3) is 10.9 Å². The van der Waals surface area contributed by atoms with Crippen LogP contribution in [0.2, 0.25) is 0 Å². The summed E-state index contributed by atoms with van der Waals surface area (Å²) in [6.45, 7) is 8.87. The van der Waals surface area contributed by atoms with Crippen LogP contribution in [0.5, 0.6) is 5.75 Å². The Bertz CT molecular complexity index is 792. The Morgan fingerprint density at radius 3 is 2.59 bits per heavy atom. The Morgan fingerprint density at radius 2 is 2.04 bits per heavy atom. The molecule has 1 aromatic heterocycles. The number of aliphatic hydroxyl groups is 1. The van der Waals surface area contributed by atoms with Crippen LogP contribution in [0.3, 0.4) is 0 Å². The van der Waals surface area contributed by atoms with Gasteiger partial charge in [-0.1, -0.05) is 13.8 Å². The Morgan fingerprint density at radius 1 is 1.37 bits per heavy atom. The predicted octanol–water partition coefficient (Wildman–Crippen LogP) is 3.68. The highest BCUT2D eigenvalue weighted by Crippen LogP contribution is 2.35. The summed E-state index contributed by atoms with van der Waals surface area (Å²) in [6.07, 6.45) is -0.581. The molecule has 0 amide bonds. The second-order valence-electron chi connectivity index (χ2n) is 6.51. The van der Waals surface area contributed by atoms with E-state index in [2.05, 4.69) is 21.2 Å². The maximum absolute atomic E-state index is 12.5. The number of hydrogen-bond acceptors (Lipinski definition) is 5. The van der Waals surface area contributed by atoms with E-state index in [1.54, 1.807) is 14.0 Å². The number of aromatic nitrogens is 1. The van der Waals surface area contributed by atoms with Gasteiger partial charge in [0.1, 0.15) is 5.75 Å². The van der Waals surface area contributed by atoms with Crippen LogP contribution in [0, 0.1) is 6.92 Å². The fourth-order valence-electron chi connectivity index (χ4n) is 2.98. The first-order chi connectivity index (χ1) is 12.3. The minimum absolute atomic E-state index is 0. The van der Waals surface area contributed by atoms with E-state index < -0.39 is 6.10 Å². The zero-order chi connectivity index (χ0) is 19.4. The van der Waals surface area contributed by atoms with Crippen LogP contribution in [0.4, 0.5) is 0 Å². The third-order valence-electron chi connectivity index (χ3n) is 4.23. The molecule has 2 rings (SSSR count). The smallest absolute Gasteiger partial charge is 0.340 e. The maximum atomic E-state index is 12.5. The molecule has 0 spiro atoms. The number of nitrogens with zero attached hydrogens (tertiary/aromatic N) is 1. The predicted molar refractivity (Wildman–Crippen MR) is 113 cm³/mol. The average Bonchev–Trinajstić information content (AvgIpc) is 2.84. The van der Waals surface area contributed by atoms with E-state index in [1.807, 2.05) is 37.5 Å². The lowest BCUT2D eigenvalue weighted by Gasteiger charge is -2.17. The van der Waals surface area contributed by atoms with Gasteiger partial charge in [0.15, 0.2) is 0 Å². The molecule has 1 atom stereocenters. The molecule has 0 aliphatic rings. The number of fused-ring (bicyclic) bond motifs is 1. The van der Waals surface area contributed by atoms with Gasteiger partial charge in [-0.05, 0) is 41.9 Å². The van der Waals surface area contributed by atoms with E-state index in [1.165, 1.54) is 0 Å². The number of methoxy groups -OCH3 is 1. The monoisotopic (exact) mass is 462 g/mol. The van der Waals surface area contributed by atoms with Crippen molar-refractivity contribution in [2.45, 2.75) is 46.4 Å². The van der Waals surface area contributed by atoms with Crippen LogP contribution in [0.1, 0.15) is 36.8 Å². The lowest BCUT2D eigenvalue weighted by atomic mass is 10.1. The van der Waals surface area contributed by atoms with Crippen molar-refractivity contribution in [3.05, 3.63) is 27.9 Å². The molecule has 0 aliphatic carbocycles. The molecule has 0 radical (unpaired) electrons. The first kappa shape index (κ1) is 23.8. The lowest BCUT2D eigenvalue weighted by molar-refractivity contribution is 0.0527. The fourth-order valence-corrected chi connectivity index (χ4v) is 3.47. The molecule has 8 heteroatoms. The van der Waals surface area contributed by atoms with Crippen molar-refractivity contribution in [3.63, 3.8) is 0 Å². The average molecular weight is 464 g/mol. The first-order valence-corrected chi connectivity index (χ1v) is 9.54. The molecule has 0 saturated carbocycles. The highest BCUT2D eigenvalue weighted by molar-refractivity contribution is 9.10. The van der Waals surface area contributed by atoms with Crippen molar-refractivity contribution >= 4 is 45.2 Å². The SMILES string of the molecule is CCOC(=O)c1c(C)n(CC(O)CNC(C)C)c2cc(Br)c(OC)cc12.Cl. The Hall–Kier alpha value is -1.28. The van der Waals surface area contributed by atoms with Crippen LogP contribution >= 0.6 is 28.3 Å². The van der Waals surface area contributed by atoms with Gasteiger partial charge in [-0.3, -0.25) is 0 Å². The molecular formula is C19H28BrClN2O4. The minimum atomic E-state index is -0.581. The van der Waals surface area contributed by atoms with Crippen LogP contribution in [-0.2, 0) is 11.3 Å². The minimum Gasteiger partial charge on any atom is -0.496 e. The van der Waals surface area contributed by atoms with Gasteiger partial charge in [0, 0.05) is 23.7 Å². The molecule has 2 N–H and O–H groups in total. The van der Waals surface area contributed by atoms with Crippen LogP contribution in [0.15, 0.2) is 16.6 Å². The zero-order valence-corrected chi connectivity index (χ0v) is 18.7. The summed E-state index contributed by atoms with van der Waals surface area (Å²) in [5.41, 5.74) is 2.13. The molecule has 0 aliphatic heterocycles. The third kappa shape index (κ3) is 5.38. The molecule has 1 unspecified atom stereocenters. The van der Waals surface area contributed by atoms with Gasteiger partial charge in [0.2, 0.25) is 0 Å². The summed E-state index contributed by atoms with van der Waals surface area (Å²) >= 11 is 3.50. The van der Waals surface area contributed by atoms with Gasteiger partial charge in [-0.2, -0.15) is 0 Å². The summed E-state index contributed by atoms with van der Waals surface area (Å²) in [5, 5.41) is 14.4. The lowest BCUT2D eigenvalue weighted by Crippen LogP contribution is -2.34. The number of hydrogen-bond donors (Lipinski definition) is 2. The number of carbonyl (C=O) groups is 1. The van der Waals surface area contributed by atoms with Crippen molar-refractivity contribution in [3.8, 4) is 5.75 Å². The summed E-state index contributed by atoms with van der Waals surface area (Å²) in [6, 6.07) is 4.03. The highest BCUT2D eigenvalue weighted by atomic mass is 79.9. The molecule has 6 nitrogen and oxygen atoms in total. The standard InChI is InChI=1S/C19H27BrN2O4.ClH/c1-6-26-19(24)18-12(4)22(10-13(23)9-21-11(2)3)16-8-15(20)17(25-5)7-14(16)18;/h7-8,11,13,21,23H,6,9-10H2,1-5H3;1H. The molecule has 0 saturated heterocycles. The number of benzene rings is 1. The second-order valence-corrected chi connectivity index (χ2v) is 7.37. The summed E-state index contributed by atoms with van der Waals surface area (Å²) in [4.78, 5) is 12.5. The topological polar surface area (TPSA) is 72.7 Å². The first-order valence-electron chi connectivity index (χ1n) is 8.75. The van der Waals surface area contributed by atoms with E-state index in [-0.39, 0.29) is 18.4 Å². The van der Waals surface area contributed by atoms with Gasteiger partial charge in [0.05, 0.1) is 41.9 Å². The number of nitrogens with one attached hydrogen (secondary N) is 1. The number of ether oxygens (including phenoxy) is 2. The summed E-state index contributed by atoms with van der Waals surface area (Å²) < 4.78 is 13.4. The fraction of sp³-hybridized carbons (Fsp3) is 0.526. The molecule has 0 fully saturated rings. The highest BCUT2D eigenvalue weighted by Gasteiger charge is 2.23.